The van der Waals surface area contributed by atoms with Crippen LogP contribution in [0.1, 0.15) is 12.0 Å². The molecule has 0 aliphatic rings. The lowest BCUT2D eigenvalue weighted by Gasteiger charge is -2.22. The molecule has 0 aromatic carbocycles. The number of hydrogen-bond donors (Lipinski definition) is 1. The molecule has 1 aromatic heterocycles. The van der Waals surface area contributed by atoms with Gasteiger partial charge in [0.25, 0.3) is 0 Å². The van der Waals surface area contributed by atoms with Gasteiger partial charge in [-0.3, -0.25) is 4.90 Å². The van der Waals surface area contributed by atoms with Gasteiger partial charge in [0.15, 0.2) is 0 Å². The normalized spacial score (nSPS) is 12.4. The predicted octanol–water partition coefficient (Wildman–Crippen LogP) is 3.26. The minimum Gasteiger partial charge on any atom is -0.396 e. The lowest BCUT2D eigenvalue weighted by molar-refractivity contribution is -0.147. The summed E-state index contributed by atoms with van der Waals surface area (Å²) >= 11 is 4.72. The SMILES string of the molecule is OCCCN(Cc1csc(Br)c1)CC(F)(F)F. The highest BCUT2D eigenvalue weighted by Gasteiger charge is 2.30. The summed E-state index contributed by atoms with van der Waals surface area (Å²) < 4.78 is 37.9. The number of aliphatic hydroxyl groups excluding tert-OH is 1. The first-order valence-corrected chi connectivity index (χ1v) is 6.71. The zero-order valence-electron chi connectivity index (χ0n) is 9.00. The number of aliphatic hydroxyl groups is 1. The van der Waals surface area contributed by atoms with Crippen LogP contribution in [-0.4, -0.2) is 35.9 Å². The summed E-state index contributed by atoms with van der Waals surface area (Å²) in [5.41, 5.74) is 0.851. The third-order valence-corrected chi connectivity index (χ3v) is 3.62. The van der Waals surface area contributed by atoms with Crippen molar-refractivity contribution in [1.29, 1.82) is 0 Å². The molecule has 0 saturated heterocycles. The van der Waals surface area contributed by atoms with Crippen molar-refractivity contribution in [3.63, 3.8) is 0 Å². The molecule has 1 N–H and O–H groups in total. The van der Waals surface area contributed by atoms with Gasteiger partial charge in [-0.25, -0.2) is 0 Å². The first-order valence-electron chi connectivity index (χ1n) is 5.03. The molecule has 17 heavy (non-hydrogen) atoms. The fourth-order valence-corrected chi connectivity index (χ4v) is 2.65. The molecular formula is C10H13BrF3NOS. The van der Waals surface area contributed by atoms with Crippen molar-refractivity contribution < 1.29 is 18.3 Å². The Hall–Kier alpha value is -0.110. The van der Waals surface area contributed by atoms with Crippen molar-refractivity contribution in [2.75, 3.05) is 19.7 Å². The van der Waals surface area contributed by atoms with Crippen molar-refractivity contribution in [2.45, 2.75) is 19.1 Å². The number of alkyl halides is 3. The maximum atomic E-state index is 12.3. The van der Waals surface area contributed by atoms with Gasteiger partial charge < -0.3 is 5.11 Å². The largest absolute Gasteiger partial charge is 0.401 e. The van der Waals surface area contributed by atoms with E-state index >= 15 is 0 Å². The molecule has 0 bridgehead atoms. The van der Waals surface area contributed by atoms with Crippen LogP contribution in [0.2, 0.25) is 0 Å². The zero-order valence-corrected chi connectivity index (χ0v) is 11.4. The number of thiophene rings is 1. The average Bonchev–Trinajstić information content (AvgIpc) is 2.58. The average molecular weight is 332 g/mol. The molecule has 2 nitrogen and oxygen atoms in total. The second-order valence-corrected chi connectivity index (χ2v) is 5.95. The predicted molar refractivity (Wildman–Crippen MR) is 65.1 cm³/mol. The van der Waals surface area contributed by atoms with Gasteiger partial charge in [-0.15, -0.1) is 11.3 Å². The summed E-state index contributed by atoms with van der Waals surface area (Å²) in [5, 5.41) is 10.5. The van der Waals surface area contributed by atoms with E-state index in [0.29, 0.717) is 6.42 Å². The molecule has 7 heteroatoms. The smallest absolute Gasteiger partial charge is 0.396 e. The number of nitrogens with zero attached hydrogens (tertiary/aromatic N) is 1. The minimum atomic E-state index is -4.21. The monoisotopic (exact) mass is 331 g/mol. The van der Waals surface area contributed by atoms with E-state index in [2.05, 4.69) is 15.9 Å². The van der Waals surface area contributed by atoms with E-state index in [9.17, 15) is 13.2 Å². The van der Waals surface area contributed by atoms with E-state index in [0.717, 1.165) is 9.35 Å². The highest BCUT2D eigenvalue weighted by Crippen LogP contribution is 2.23. The fourth-order valence-electron chi connectivity index (χ4n) is 1.45. The molecule has 0 unspecified atom stereocenters. The number of rotatable bonds is 6. The maximum absolute atomic E-state index is 12.3. The Balaban J connectivity index is 2.56. The molecular weight excluding hydrogens is 319 g/mol. The third-order valence-electron chi connectivity index (χ3n) is 2.06. The van der Waals surface area contributed by atoms with Gasteiger partial charge in [0.2, 0.25) is 0 Å². The topological polar surface area (TPSA) is 23.5 Å². The molecule has 98 valence electrons. The van der Waals surface area contributed by atoms with Gasteiger partial charge in [0.1, 0.15) is 0 Å². The molecule has 0 saturated carbocycles. The Kier molecular flexibility index (Phi) is 5.91. The molecule has 0 spiro atoms. The zero-order chi connectivity index (χ0) is 12.9. The Labute approximate surface area is 110 Å². The highest BCUT2D eigenvalue weighted by molar-refractivity contribution is 9.11. The summed E-state index contributed by atoms with van der Waals surface area (Å²) in [6, 6.07) is 1.81. The van der Waals surface area contributed by atoms with Gasteiger partial charge in [-0.2, -0.15) is 13.2 Å². The Morgan fingerprint density at radius 1 is 1.41 bits per heavy atom. The van der Waals surface area contributed by atoms with Gasteiger partial charge in [-0.05, 0) is 39.4 Å². The number of hydrogen-bond acceptors (Lipinski definition) is 3. The summed E-state index contributed by atoms with van der Waals surface area (Å²) in [6.07, 6.45) is -3.86. The molecule has 0 atom stereocenters. The van der Waals surface area contributed by atoms with Gasteiger partial charge >= 0.3 is 6.18 Å². The van der Waals surface area contributed by atoms with Crippen LogP contribution in [0.25, 0.3) is 0 Å². The second kappa shape index (κ2) is 6.72. The molecule has 1 aromatic rings. The van der Waals surface area contributed by atoms with E-state index in [-0.39, 0.29) is 19.7 Å². The Morgan fingerprint density at radius 2 is 2.12 bits per heavy atom. The van der Waals surface area contributed by atoms with Gasteiger partial charge in [0.05, 0.1) is 10.3 Å². The van der Waals surface area contributed by atoms with Crippen molar-refractivity contribution in [3.8, 4) is 0 Å². The van der Waals surface area contributed by atoms with Crippen LogP contribution in [0.4, 0.5) is 13.2 Å². The molecule has 0 fully saturated rings. The van der Waals surface area contributed by atoms with Crippen LogP contribution in [0.5, 0.6) is 0 Å². The van der Waals surface area contributed by atoms with Crippen LogP contribution < -0.4 is 0 Å². The first-order chi connectivity index (χ1) is 7.90. The van der Waals surface area contributed by atoms with Crippen molar-refractivity contribution in [2.24, 2.45) is 0 Å². The maximum Gasteiger partial charge on any atom is 0.401 e. The summed E-state index contributed by atoms with van der Waals surface area (Å²) in [5.74, 6) is 0. The van der Waals surface area contributed by atoms with E-state index < -0.39 is 12.7 Å². The summed E-state index contributed by atoms with van der Waals surface area (Å²) in [7, 11) is 0. The Morgan fingerprint density at radius 3 is 2.59 bits per heavy atom. The highest BCUT2D eigenvalue weighted by atomic mass is 79.9. The van der Waals surface area contributed by atoms with E-state index in [4.69, 9.17) is 5.11 Å². The second-order valence-electron chi connectivity index (χ2n) is 3.66. The van der Waals surface area contributed by atoms with Crippen LogP contribution in [-0.2, 0) is 6.54 Å². The molecule has 1 rings (SSSR count). The van der Waals surface area contributed by atoms with Gasteiger partial charge in [-0.1, -0.05) is 0 Å². The molecule has 0 amide bonds. The lowest BCUT2D eigenvalue weighted by Crippen LogP contribution is -2.34. The number of halogens is 4. The first kappa shape index (κ1) is 14.9. The fraction of sp³-hybridized carbons (Fsp3) is 0.600. The van der Waals surface area contributed by atoms with Crippen LogP contribution in [0, 0.1) is 0 Å². The molecule has 0 radical (unpaired) electrons. The van der Waals surface area contributed by atoms with E-state index in [1.54, 1.807) is 0 Å². The van der Waals surface area contributed by atoms with Gasteiger partial charge in [0, 0.05) is 19.7 Å². The minimum absolute atomic E-state index is 0.0955. The lowest BCUT2D eigenvalue weighted by atomic mass is 10.3. The quantitative estimate of drug-likeness (QED) is 0.864. The third kappa shape index (κ3) is 6.40. The van der Waals surface area contributed by atoms with Crippen molar-refractivity contribution in [1.82, 2.24) is 4.90 Å². The van der Waals surface area contributed by atoms with E-state index in [1.165, 1.54) is 16.2 Å². The molecule has 0 aliphatic heterocycles. The van der Waals surface area contributed by atoms with Crippen molar-refractivity contribution in [3.05, 3.63) is 20.8 Å². The van der Waals surface area contributed by atoms with Crippen LogP contribution in [0.3, 0.4) is 0 Å². The van der Waals surface area contributed by atoms with E-state index in [1.807, 2.05) is 11.4 Å². The molecule has 0 aliphatic carbocycles. The van der Waals surface area contributed by atoms with Crippen LogP contribution in [0.15, 0.2) is 15.2 Å². The van der Waals surface area contributed by atoms with Crippen molar-refractivity contribution >= 4 is 27.3 Å². The molecule has 1 heterocycles. The summed E-state index contributed by atoms with van der Waals surface area (Å²) in [6.45, 7) is -0.548. The standard InChI is InChI=1S/C10H13BrF3NOS/c11-9-4-8(6-17-9)5-15(2-1-3-16)7-10(12,13)14/h4,6,16H,1-3,5,7H2. The summed E-state index contributed by atoms with van der Waals surface area (Å²) in [4.78, 5) is 1.30. The Bertz CT molecular complexity index is 343. The van der Waals surface area contributed by atoms with Crippen LogP contribution >= 0.6 is 27.3 Å².